The van der Waals surface area contributed by atoms with E-state index in [2.05, 4.69) is 15.8 Å². The van der Waals surface area contributed by atoms with Crippen molar-refractivity contribution in [3.63, 3.8) is 0 Å². The minimum Gasteiger partial charge on any atom is -0.423 e. The number of halogens is 2. The van der Waals surface area contributed by atoms with Crippen molar-refractivity contribution in [3.05, 3.63) is 93.5 Å². The van der Waals surface area contributed by atoms with E-state index >= 15 is 0 Å². The fraction of sp³-hybridized carbons (Fsp3) is 0.0435. The molecule has 0 aliphatic heterocycles. The van der Waals surface area contributed by atoms with Crippen LogP contribution in [0.15, 0.2) is 71.8 Å². The molecule has 0 saturated heterocycles. The lowest BCUT2D eigenvalue weighted by atomic mass is 10.1. The van der Waals surface area contributed by atoms with Gasteiger partial charge in [-0.3, -0.25) is 9.59 Å². The lowest BCUT2D eigenvalue weighted by molar-refractivity contribution is -0.136. The molecule has 0 heterocycles. The van der Waals surface area contributed by atoms with Gasteiger partial charge in [0.05, 0.1) is 21.8 Å². The second-order valence-corrected chi connectivity index (χ2v) is 7.43. The van der Waals surface area contributed by atoms with Crippen LogP contribution in [0.3, 0.4) is 0 Å². The average Bonchev–Trinajstić information content (AvgIpc) is 2.76. The van der Waals surface area contributed by atoms with Gasteiger partial charge in [0.15, 0.2) is 0 Å². The molecule has 0 radical (unpaired) electrons. The van der Waals surface area contributed by atoms with Gasteiger partial charge in [-0.05, 0) is 55.0 Å². The number of hydrogen-bond donors (Lipinski definition) is 2. The Balaban J connectivity index is 1.57. The van der Waals surface area contributed by atoms with Crippen LogP contribution in [0.25, 0.3) is 0 Å². The maximum atomic E-state index is 12.3. The summed E-state index contributed by atoms with van der Waals surface area (Å²) >= 11 is 11.7. The van der Waals surface area contributed by atoms with Crippen molar-refractivity contribution in [2.24, 2.45) is 5.10 Å². The summed E-state index contributed by atoms with van der Waals surface area (Å²) in [6.07, 6.45) is 1.31. The van der Waals surface area contributed by atoms with Crippen molar-refractivity contribution in [3.8, 4) is 5.75 Å². The highest BCUT2D eigenvalue weighted by Gasteiger charge is 2.13. The van der Waals surface area contributed by atoms with Gasteiger partial charge in [-0.25, -0.2) is 10.2 Å². The zero-order chi connectivity index (χ0) is 23.1. The number of anilines is 1. The van der Waals surface area contributed by atoms with Gasteiger partial charge < -0.3 is 10.1 Å². The third-order valence-electron chi connectivity index (χ3n) is 4.09. The van der Waals surface area contributed by atoms with Crippen LogP contribution in [-0.4, -0.2) is 24.0 Å². The Bertz CT molecular complexity index is 1210. The largest absolute Gasteiger partial charge is 0.423 e. The lowest BCUT2D eigenvalue weighted by Crippen LogP contribution is -2.32. The zero-order valence-corrected chi connectivity index (χ0v) is 18.3. The Morgan fingerprint density at radius 2 is 1.69 bits per heavy atom. The van der Waals surface area contributed by atoms with Gasteiger partial charge in [0, 0.05) is 5.69 Å². The molecule has 2 amide bonds. The Morgan fingerprint density at radius 3 is 2.44 bits per heavy atom. The molecule has 0 aliphatic rings. The SMILES string of the molecule is Cc1cccc(C(=O)Oc2cccc(/C=N/NC(=O)C(=O)Nc3ccc(Cl)c(Cl)c3)c2)c1. The van der Waals surface area contributed by atoms with Crippen LogP contribution in [0.2, 0.25) is 10.0 Å². The van der Waals surface area contributed by atoms with Crippen LogP contribution in [0, 0.1) is 6.92 Å². The average molecular weight is 470 g/mol. The number of aryl methyl sites for hydroxylation is 1. The number of ether oxygens (including phenoxy) is 1. The molecule has 0 spiro atoms. The predicted octanol–water partition coefficient (Wildman–Crippen LogP) is 4.61. The highest BCUT2D eigenvalue weighted by Crippen LogP contribution is 2.24. The van der Waals surface area contributed by atoms with Crippen LogP contribution < -0.4 is 15.5 Å². The van der Waals surface area contributed by atoms with E-state index in [4.69, 9.17) is 27.9 Å². The van der Waals surface area contributed by atoms with Gasteiger partial charge in [-0.2, -0.15) is 5.10 Å². The van der Waals surface area contributed by atoms with E-state index in [1.165, 1.54) is 24.4 Å². The summed E-state index contributed by atoms with van der Waals surface area (Å²) in [5.41, 5.74) is 4.36. The Morgan fingerprint density at radius 1 is 0.906 bits per heavy atom. The van der Waals surface area contributed by atoms with Crippen LogP contribution in [0.1, 0.15) is 21.5 Å². The number of esters is 1. The van der Waals surface area contributed by atoms with Crippen LogP contribution in [0.4, 0.5) is 5.69 Å². The molecule has 0 saturated carbocycles. The molecule has 3 rings (SSSR count). The maximum absolute atomic E-state index is 12.3. The molecule has 0 aromatic heterocycles. The maximum Gasteiger partial charge on any atom is 0.343 e. The molecular formula is C23H17Cl2N3O4. The van der Waals surface area contributed by atoms with Crippen molar-refractivity contribution in [2.75, 3.05) is 5.32 Å². The van der Waals surface area contributed by atoms with Crippen molar-refractivity contribution in [1.29, 1.82) is 0 Å². The molecule has 0 atom stereocenters. The van der Waals surface area contributed by atoms with Crippen molar-refractivity contribution in [2.45, 2.75) is 6.92 Å². The number of nitrogens with one attached hydrogen (secondary N) is 2. The van der Waals surface area contributed by atoms with E-state index in [1.807, 2.05) is 13.0 Å². The van der Waals surface area contributed by atoms with E-state index < -0.39 is 17.8 Å². The normalized spacial score (nSPS) is 10.6. The highest BCUT2D eigenvalue weighted by molar-refractivity contribution is 6.43. The third kappa shape index (κ3) is 6.41. The molecular weight excluding hydrogens is 453 g/mol. The number of hydrogen-bond acceptors (Lipinski definition) is 5. The second kappa shape index (κ2) is 10.6. The van der Waals surface area contributed by atoms with Crippen LogP contribution >= 0.6 is 23.2 Å². The van der Waals surface area contributed by atoms with E-state index in [0.717, 1.165) is 5.56 Å². The van der Waals surface area contributed by atoms with Gasteiger partial charge in [0.2, 0.25) is 0 Å². The molecule has 3 aromatic rings. The fourth-order valence-corrected chi connectivity index (χ4v) is 2.87. The van der Waals surface area contributed by atoms with E-state index in [0.29, 0.717) is 27.6 Å². The number of hydrazone groups is 1. The van der Waals surface area contributed by atoms with Gasteiger partial charge >= 0.3 is 17.8 Å². The van der Waals surface area contributed by atoms with Gasteiger partial charge in [-0.15, -0.1) is 0 Å². The lowest BCUT2D eigenvalue weighted by Gasteiger charge is -2.06. The molecule has 32 heavy (non-hydrogen) atoms. The monoisotopic (exact) mass is 469 g/mol. The summed E-state index contributed by atoms with van der Waals surface area (Å²) < 4.78 is 5.37. The van der Waals surface area contributed by atoms with Gasteiger partial charge in [0.1, 0.15) is 5.75 Å². The van der Waals surface area contributed by atoms with Crippen LogP contribution in [0.5, 0.6) is 5.75 Å². The summed E-state index contributed by atoms with van der Waals surface area (Å²) in [4.78, 5) is 36.1. The van der Waals surface area contributed by atoms with E-state index in [1.54, 1.807) is 42.5 Å². The Kier molecular flexibility index (Phi) is 7.59. The number of carbonyl (C=O) groups is 3. The number of nitrogens with zero attached hydrogens (tertiary/aromatic N) is 1. The highest BCUT2D eigenvalue weighted by atomic mass is 35.5. The number of rotatable bonds is 5. The fourth-order valence-electron chi connectivity index (χ4n) is 2.57. The molecule has 0 unspecified atom stereocenters. The molecule has 0 fully saturated rings. The van der Waals surface area contributed by atoms with Gasteiger partial charge in [0.25, 0.3) is 0 Å². The molecule has 9 heteroatoms. The summed E-state index contributed by atoms with van der Waals surface area (Å²) in [5, 5.41) is 6.70. The first-order valence-corrected chi connectivity index (χ1v) is 10.1. The first-order valence-electron chi connectivity index (χ1n) is 9.30. The number of amides is 2. The third-order valence-corrected chi connectivity index (χ3v) is 4.82. The van der Waals surface area contributed by atoms with Crippen molar-refractivity contribution in [1.82, 2.24) is 5.43 Å². The van der Waals surface area contributed by atoms with Crippen LogP contribution in [-0.2, 0) is 9.59 Å². The molecule has 2 N–H and O–H groups in total. The minimum atomic E-state index is -0.977. The van der Waals surface area contributed by atoms with E-state index in [9.17, 15) is 14.4 Å². The van der Waals surface area contributed by atoms with E-state index in [-0.39, 0.29) is 5.02 Å². The number of carbonyl (C=O) groups excluding carboxylic acids is 3. The summed E-state index contributed by atoms with van der Waals surface area (Å²) in [7, 11) is 0. The van der Waals surface area contributed by atoms with Crippen molar-refractivity contribution >= 4 is 52.9 Å². The summed E-state index contributed by atoms with van der Waals surface area (Å²) in [6, 6.07) is 18.0. The molecule has 0 bridgehead atoms. The standard InChI is InChI=1S/C23H17Cl2N3O4/c1-14-4-2-6-16(10-14)23(31)32-18-7-3-5-15(11-18)13-26-28-22(30)21(29)27-17-8-9-19(24)20(25)12-17/h2-13H,1H3,(H,27,29)(H,28,30)/b26-13+. The van der Waals surface area contributed by atoms with Crippen molar-refractivity contribution < 1.29 is 19.1 Å². The second-order valence-electron chi connectivity index (χ2n) is 6.61. The first-order chi connectivity index (χ1) is 15.3. The topological polar surface area (TPSA) is 96.9 Å². The number of benzene rings is 3. The summed E-state index contributed by atoms with van der Waals surface area (Å²) in [6.45, 7) is 1.88. The minimum absolute atomic E-state index is 0.242. The summed E-state index contributed by atoms with van der Waals surface area (Å²) in [5.74, 6) is -2.09. The Labute approximate surface area is 194 Å². The predicted molar refractivity (Wildman–Crippen MR) is 123 cm³/mol. The molecule has 7 nitrogen and oxygen atoms in total. The quantitative estimate of drug-likeness (QED) is 0.187. The molecule has 3 aromatic carbocycles. The molecule has 0 aliphatic carbocycles. The molecule has 162 valence electrons. The zero-order valence-electron chi connectivity index (χ0n) is 16.8. The Hall–Kier alpha value is -3.68. The first kappa shape index (κ1) is 23.0. The smallest absolute Gasteiger partial charge is 0.343 e. The van der Waals surface area contributed by atoms with Gasteiger partial charge in [-0.1, -0.05) is 53.0 Å².